The number of imidazole rings is 1. The first kappa shape index (κ1) is 12.9. The zero-order chi connectivity index (χ0) is 14.8. The number of nitrogens with zero attached hydrogens (tertiary/aromatic N) is 2. The molecule has 0 spiro atoms. The fraction of sp³-hybridized carbons (Fsp3) is 0. The van der Waals surface area contributed by atoms with Gasteiger partial charge in [-0.05, 0) is 12.1 Å². The molecule has 0 radical (unpaired) electrons. The van der Waals surface area contributed by atoms with Crippen LogP contribution in [0.15, 0.2) is 65.6 Å². The lowest BCUT2D eigenvalue weighted by atomic mass is 10.1. The highest BCUT2D eigenvalue weighted by molar-refractivity contribution is 5.61. The van der Waals surface area contributed by atoms with E-state index in [2.05, 4.69) is 4.98 Å². The number of hydrogen-bond donors (Lipinski definition) is 1. The molecule has 3 rings (SSSR count). The van der Waals surface area contributed by atoms with Crippen LogP contribution in [-0.4, -0.2) is 14.5 Å². The van der Waals surface area contributed by atoms with E-state index in [1.54, 1.807) is 18.3 Å². The van der Waals surface area contributed by atoms with Crippen LogP contribution in [0.4, 0.5) is 5.69 Å². The Hall–Kier alpha value is -3.15. The van der Waals surface area contributed by atoms with E-state index in [1.807, 2.05) is 30.3 Å². The lowest BCUT2D eigenvalue weighted by molar-refractivity contribution is -0.384. The molecule has 6 heteroatoms. The largest absolute Gasteiger partial charge is 0.330 e. The lowest BCUT2D eigenvalue weighted by Gasteiger charge is -2.07. The maximum atomic E-state index is 12.0. The molecule has 0 unspecified atom stereocenters. The summed E-state index contributed by atoms with van der Waals surface area (Å²) in [5, 5.41) is 10.7. The van der Waals surface area contributed by atoms with E-state index >= 15 is 0 Å². The molecule has 0 aliphatic carbocycles. The fourth-order valence-corrected chi connectivity index (χ4v) is 2.17. The number of non-ortho nitro benzene ring substituents is 1. The molecule has 0 saturated carbocycles. The van der Waals surface area contributed by atoms with Crippen LogP contribution in [0.2, 0.25) is 0 Å². The van der Waals surface area contributed by atoms with E-state index in [0.29, 0.717) is 11.4 Å². The number of benzene rings is 2. The number of nitro groups is 1. The zero-order valence-electron chi connectivity index (χ0n) is 10.9. The Morgan fingerprint density at radius 2 is 1.67 bits per heavy atom. The van der Waals surface area contributed by atoms with Gasteiger partial charge in [0.25, 0.3) is 5.69 Å². The Labute approximate surface area is 119 Å². The van der Waals surface area contributed by atoms with Crippen molar-refractivity contribution < 1.29 is 4.92 Å². The van der Waals surface area contributed by atoms with Crippen LogP contribution < -0.4 is 5.69 Å². The van der Waals surface area contributed by atoms with Gasteiger partial charge in [-0.3, -0.25) is 14.7 Å². The molecule has 0 aliphatic rings. The average molecular weight is 281 g/mol. The van der Waals surface area contributed by atoms with Gasteiger partial charge in [-0.15, -0.1) is 0 Å². The predicted molar refractivity (Wildman–Crippen MR) is 78.5 cm³/mol. The molecule has 0 aliphatic heterocycles. The van der Waals surface area contributed by atoms with Crippen molar-refractivity contribution in [3.63, 3.8) is 0 Å². The summed E-state index contributed by atoms with van der Waals surface area (Å²) in [6.07, 6.45) is 1.62. The van der Waals surface area contributed by atoms with E-state index < -0.39 is 4.92 Å². The summed E-state index contributed by atoms with van der Waals surface area (Å²) in [6.45, 7) is 0. The van der Waals surface area contributed by atoms with Gasteiger partial charge in [0, 0.05) is 23.9 Å². The Balaban J connectivity index is 2.13. The molecule has 0 saturated heterocycles. The minimum atomic E-state index is -0.470. The third-order valence-corrected chi connectivity index (χ3v) is 3.16. The summed E-state index contributed by atoms with van der Waals surface area (Å²) >= 11 is 0. The van der Waals surface area contributed by atoms with Gasteiger partial charge < -0.3 is 4.98 Å². The van der Waals surface area contributed by atoms with Gasteiger partial charge in [0.05, 0.1) is 16.3 Å². The smallest absolute Gasteiger partial charge is 0.312 e. The van der Waals surface area contributed by atoms with Crippen molar-refractivity contribution in [2.75, 3.05) is 0 Å². The number of hydrogen-bond acceptors (Lipinski definition) is 3. The van der Waals surface area contributed by atoms with Gasteiger partial charge >= 0.3 is 5.69 Å². The van der Waals surface area contributed by atoms with Crippen molar-refractivity contribution >= 4 is 5.69 Å². The number of H-pyrrole nitrogens is 1. The second-order valence-corrected chi connectivity index (χ2v) is 4.45. The van der Waals surface area contributed by atoms with E-state index in [1.165, 1.54) is 16.7 Å². The number of aromatic nitrogens is 2. The topological polar surface area (TPSA) is 80.9 Å². The van der Waals surface area contributed by atoms with Gasteiger partial charge in [-0.2, -0.15) is 0 Å². The predicted octanol–water partition coefficient (Wildman–Crippen LogP) is 2.74. The summed E-state index contributed by atoms with van der Waals surface area (Å²) in [7, 11) is 0. The minimum absolute atomic E-state index is 0.0106. The van der Waals surface area contributed by atoms with Crippen LogP contribution >= 0.6 is 0 Å². The highest BCUT2D eigenvalue weighted by Gasteiger charge is 2.11. The van der Waals surface area contributed by atoms with Gasteiger partial charge in [0.1, 0.15) is 0 Å². The molecule has 0 fully saturated rings. The van der Waals surface area contributed by atoms with Crippen molar-refractivity contribution in [2.24, 2.45) is 0 Å². The van der Waals surface area contributed by atoms with Crippen molar-refractivity contribution in [2.45, 2.75) is 0 Å². The van der Waals surface area contributed by atoms with E-state index in [4.69, 9.17) is 0 Å². The molecular weight excluding hydrogens is 270 g/mol. The van der Waals surface area contributed by atoms with Gasteiger partial charge in [-0.1, -0.05) is 30.3 Å². The Bertz CT molecular complexity index is 833. The maximum Gasteiger partial charge on any atom is 0.330 e. The molecule has 6 nitrogen and oxygen atoms in total. The quantitative estimate of drug-likeness (QED) is 0.592. The van der Waals surface area contributed by atoms with Gasteiger partial charge in [0.15, 0.2) is 0 Å². The lowest BCUT2D eigenvalue weighted by Crippen LogP contribution is -2.15. The highest BCUT2D eigenvalue weighted by Crippen LogP contribution is 2.21. The first-order chi connectivity index (χ1) is 10.2. The molecule has 21 heavy (non-hydrogen) atoms. The second-order valence-electron chi connectivity index (χ2n) is 4.45. The summed E-state index contributed by atoms with van der Waals surface area (Å²) in [5.74, 6) is 0. The van der Waals surface area contributed by atoms with Crippen LogP contribution in [0.1, 0.15) is 0 Å². The Morgan fingerprint density at radius 1 is 1.00 bits per heavy atom. The Morgan fingerprint density at radius 3 is 2.29 bits per heavy atom. The average Bonchev–Trinajstić information content (AvgIpc) is 2.90. The van der Waals surface area contributed by atoms with Crippen LogP contribution in [0, 0.1) is 10.1 Å². The van der Waals surface area contributed by atoms with Crippen molar-refractivity contribution in [3.8, 4) is 16.9 Å². The van der Waals surface area contributed by atoms with Crippen LogP contribution in [0.3, 0.4) is 0 Å². The molecule has 1 aromatic heterocycles. The normalized spacial score (nSPS) is 10.5. The van der Waals surface area contributed by atoms with Crippen molar-refractivity contribution in [3.05, 3.63) is 81.4 Å². The van der Waals surface area contributed by atoms with Crippen molar-refractivity contribution in [1.82, 2.24) is 9.55 Å². The Kier molecular flexibility index (Phi) is 3.12. The molecule has 1 heterocycles. The van der Waals surface area contributed by atoms with Gasteiger partial charge in [-0.25, -0.2) is 4.79 Å². The number of rotatable bonds is 3. The fourth-order valence-electron chi connectivity index (χ4n) is 2.17. The number of aromatic amines is 1. The molecule has 1 N–H and O–H groups in total. The molecule has 2 aromatic carbocycles. The summed E-state index contributed by atoms with van der Waals surface area (Å²) in [5.41, 5.74) is 1.86. The van der Waals surface area contributed by atoms with Crippen LogP contribution in [-0.2, 0) is 0 Å². The van der Waals surface area contributed by atoms with E-state index in [-0.39, 0.29) is 11.4 Å². The maximum absolute atomic E-state index is 12.0. The summed E-state index contributed by atoms with van der Waals surface area (Å²) < 4.78 is 1.49. The van der Waals surface area contributed by atoms with Gasteiger partial charge in [0.2, 0.25) is 0 Å². The highest BCUT2D eigenvalue weighted by atomic mass is 16.6. The second kappa shape index (κ2) is 5.09. The molecule has 0 amide bonds. The molecular formula is C15H11N3O3. The standard InChI is InChI=1S/C15H11N3O3/c19-15-16-10-14(11-4-2-1-3-5-11)17(15)12-6-8-13(9-7-12)18(20)21/h1-10H,(H,16,19). The zero-order valence-corrected chi connectivity index (χ0v) is 10.9. The molecule has 3 aromatic rings. The monoisotopic (exact) mass is 281 g/mol. The van der Waals surface area contributed by atoms with Crippen LogP contribution in [0.5, 0.6) is 0 Å². The summed E-state index contributed by atoms with van der Waals surface area (Å²) in [6, 6.07) is 15.3. The van der Waals surface area contributed by atoms with Crippen LogP contribution in [0.25, 0.3) is 16.9 Å². The molecule has 104 valence electrons. The number of nitro benzene ring substituents is 1. The van der Waals surface area contributed by atoms with E-state index in [9.17, 15) is 14.9 Å². The van der Waals surface area contributed by atoms with Crippen molar-refractivity contribution in [1.29, 1.82) is 0 Å². The SMILES string of the molecule is O=c1[nH]cc(-c2ccccc2)n1-c1ccc([N+](=O)[O-])cc1. The summed E-state index contributed by atoms with van der Waals surface area (Å²) in [4.78, 5) is 24.9. The van der Waals surface area contributed by atoms with E-state index in [0.717, 1.165) is 5.56 Å². The first-order valence-corrected chi connectivity index (χ1v) is 6.27. The third-order valence-electron chi connectivity index (χ3n) is 3.16. The first-order valence-electron chi connectivity index (χ1n) is 6.27. The third kappa shape index (κ3) is 2.34. The number of nitrogens with one attached hydrogen (secondary N) is 1. The molecule has 0 atom stereocenters. The molecule has 0 bridgehead atoms. The minimum Gasteiger partial charge on any atom is -0.312 e.